The first-order valence-corrected chi connectivity index (χ1v) is 12.1. The molecule has 1 unspecified atom stereocenters. The van der Waals surface area contributed by atoms with Gasteiger partial charge in [0.25, 0.3) is 5.91 Å². The van der Waals surface area contributed by atoms with Crippen molar-refractivity contribution in [2.24, 2.45) is 10.8 Å². The number of benzene rings is 1. The van der Waals surface area contributed by atoms with Crippen molar-refractivity contribution >= 4 is 18.0 Å². The molecule has 10 nitrogen and oxygen atoms in total. The Bertz CT molecular complexity index is 1480. The van der Waals surface area contributed by atoms with Crippen LogP contribution in [0.2, 0.25) is 0 Å². The molecule has 1 aromatic carbocycles. The van der Waals surface area contributed by atoms with E-state index in [1.54, 1.807) is 18.2 Å². The molecule has 0 saturated heterocycles. The zero-order valence-corrected chi connectivity index (χ0v) is 20.2. The van der Waals surface area contributed by atoms with E-state index in [1.165, 1.54) is 24.7 Å². The number of hydrogen-bond acceptors (Lipinski definition) is 9. The van der Waals surface area contributed by atoms with Crippen LogP contribution in [-0.2, 0) is 15.1 Å². The van der Waals surface area contributed by atoms with E-state index < -0.39 is 23.5 Å². The van der Waals surface area contributed by atoms with Gasteiger partial charge in [-0.1, -0.05) is 6.08 Å². The lowest BCUT2D eigenvalue weighted by Crippen LogP contribution is -2.48. The summed E-state index contributed by atoms with van der Waals surface area (Å²) in [5.74, 6) is 5.45. The van der Waals surface area contributed by atoms with Crippen molar-refractivity contribution in [3.05, 3.63) is 88.4 Å². The number of fused-ring (bicyclic) bond motifs is 4. The lowest BCUT2D eigenvalue weighted by Gasteiger charge is -2.45. The van der Waals surface area contributed by atoms with Crippen LogP contribution in [0.15, 0.2) is 76.5 Å². The maximum Gasteiger partial charge on any atom is 0.274 e. The maximum absolute atomic E-state index is 15.7. The number of nitrogens with two attached hydrogens (primary N) is 1. The smallest absolute Gasteiger partial charge is 0.274 e. The van der Waals surface area contributed by atoms with E-state index in [0.717, 1.165) is 10.6 Å². The number of amides is 1. The molecule has 0 bridgehead atoms. The number of nitrogens with one attached hydrogen (secondary N) is 1. The summed E-state index contributed by atoms with van der Waals surface area (Å²) in [7, 11) is 0. The zero-order chi connectivity index (χ0) is 26.3. The number of carbonyl (C=O) groups excluding carboxylic acids is 1. The van der Waals surface area contributed by atoms with Crippen molar-refractivity contribution in [2.75, 3.05) is 25.1 Å². The summed E-state index contributed by atoms with van der Waals surface area (Å²) in [5.41, 5.74) is 1.98. The van der Waals surface area contributed by atoms with Crippen LogP contribution in [0.25, 0.3) is 0 Å². The maximum atomic E-state index is 15.7. The fourth-order valence-corrected chi connectivity index (χ4v) is 5.09. The van der Waals surface area contributed by atoms with Crippen molar-refractivity contribution in [2.45, 2.75) is 24.5 Å². The summed E-state index contributed by atoms with van der Waals surface area (Å²) in [6.07, 6.45) is 7.56. The molecule has 0 aliphatic carbocycles. The molecule has 2 atom stereocenters. The molecular weight excluding hydrogens is 491 g/mol. The number of pyridine rings is 1. The van der Waals surface area contributed by atoms with Gasteiger partial charge in [0.1, 0.15) is 17.5 Å². The molecule has 1 spiro atoms. The van der Waals surface area contributed by atoms with E-state index in [4.69, 9.17) is 25.3 Å². The quantitative estimate of drug-likeness (QED) is 0.362. The van der Waals surface area contributed by atoms with Gasteiger partial charge in [0.15, 0.2) is 17.8 Å². The van der Waals surface area contributed by atoms with E-state index in [9.17, 15) is 4.79 Å². The summed E-state index contributed by atoms with van der Waals surface area (Å²) in [5, 5.41) is 12.9. The largest absolute Gasteiger partial charge is 0.467 e. The van der Waals surface area contributed by atoms with Gasteiger partial charge in [-0.3, -0.25) is 14.8 Å². The van der Waals surface area contributed by atoms with Crippen LogP contribution in [-0.4, -0.2) is 48.1 Å². The molecule has 1 aromatic heterocycles. The lowest BCUT2D eigenvalue weighted by atomic mass is 9.76. The molecule has 38 heavy (non-hydrogen) atoms. The van der Waals surface area contributed by atoms with Gasteiger partial charge in [0, 0.05) is 36.0 Å². The Morgan fingerprint density at radius 1 is 1.32 bits per heavy atom. The highest BCUT2D eigenvalue weighted by molar-refractivity contribution is 6.03. The molecule has 4 aliphatic heterocycles. The average molecular weight is 515 g/mol. The second kappa shape index (κ2) is 9.41. The van der Waals surface area contributed by atoms with Gasteiger partial charge in [-0.15, -0.1) is 0 Å². The predicted molar refractivity (Wildman–Crippen MR) is 134 cm³/mol. The van der Waals surface area contributed by atoms with E-state index >= 15 is 4.39 Å². The summed E-state index contributed by atoms with van der Waals surface area (Å²) in [6, 6.07) is 9.50. The standard InChI is InChI=1S/C27H23FN6O4/c28-25-24-20(12-22(34(25)30)17-5-9-36-10-6-17)27(7-8-31-15-37-27)19-11-18(2-4-23(19)38-24)33-26(35)21-3-1-16(13-29)14-32-21/h1-5,11-12,14-15,22H,6-10,30H2,(H,33,35)/t22?,27-/m0/s1. The Morgan fingerprint density at radius 3 is 2.92 bits per heavy atom. The monoisotopic (exact) mass is 514 g/mol. The molecule has 4 aliphatic rings. The van der Waals surface area contributed by atoms with Crippen LogP contribution in [0.4, 0.5) is 10.1 Å². The first kappa shape index (κ1) is 23.8. The molecule has 6 rings (SSSR count). The molecule has 192 valence electrons. The van der Waals surface area contributed by atoms with Crippen LogP contribution in [0.1, 0.15) is 34.5 Å². The number of aliphatic imine (C=N–C) groups is 1. The first-order chi connectivity index (χ1) is 18.5. The van der Waals surface area contributed by atoms with Crippen molar-refractivity contribution in [3.63, 3.8) is 0 Å². The minimum atomic E-state index is -1.10. The van der Waals surface area contributed by atoms with Crippen molar-refractivity contribution in [3.8, 4) is 11.8 Å². The van der Waals surface area contributed by atoms with Crippen LogP contribution < -0.4 is 15.9 Å². The van der Waals surface area contributed by atoms with E-state index in [-0.39, 0.29) is 11.5 Å². The Labute approximate surface area is 217 Å². The first-order valence-electron chi connectivity index (χ1n) is 12.1. The fraction of sp³-hybridized carbons (Fsp3) is 0.259. The Balaban J connectivity index is 1.41. The third-order valence-electron chi connectivity index (χ3n) is 7.03. The van der Waals surface area contributed by atoms with Crippen LogP contribution >= 0.6 is 0 Å². The number of nitriles is 1. The van der Waals surface area contributed by atoms with Gasteiger partial charge in [0.2, 0.25) is 5.95 Å². The number of aromatic nitrogens is 1. The number of hydrogen-bond donors (Lipinski definition) is 2. The van der Waals surface area contributed by atoms with Crippen molar-refractivity contribution in [1.29, 1.82) is 5.26 Å². The molecule has 0 radical (unpaired) electrons. The number of halogens is 1. The van der Waals surface area contributed by atoms with Gasteiger partial charge >= 0.3 is 0 Å². The van der Waals surface area contributed by atoms with E-state index in [2.05, 4.69) is 15.3 Å². The third-order valence-corrected chi connectivity index (χ3v) is 7.03. The van der Waals surface area contributed by atoms with Gasteiger partial charge in [0.05, 0.1) is 24.8 Å². The van der Waals surface area contributed by atoms with Crippen LogP contribution in [0, 0.1) is 11.3 Å². The normalized spacial score (nSPS) is 23.8. The summed E-state index contributed by atoms with van der Waals surface area (Å²) in [4.78, 5) is 21.1. The van der Waals surface area contributed by atoms with Crippen molar-refractivity contribution in [1.82, 2.24) is 9.99 Å². The van der Waals surface area contributed by atoms with Crippen LogP contribution in [0.3, 0.4) is 0 Å². The molecule has 3 N–H and O–H groups in total. The third kappa shape index (κ3) is 3.91. The molecule has 5 heterocycles. The lowest BCUT2D eigenvalue weighted by molar-refractivity contribution is 0.0585. The molecule has 0 saturated carbocycles. The Hall–Kier alpha value is -4.53. The summed E-state index contributed by atoms with van der Waals surface area (Å²) < 4.78 is 33.4. The molecule has 2 aromatic rings. The van der Waals surface area contributed by atoms with Crippen molar-refractivity contribution < 1.29 is 23.4 Å². The fourth-order valence-electron chi connectivity index (χ4n) is 5.09. The summed E-state index contributed by atoms with van der Waals surface area (Å²) >= 11 is 0. The van der Waals surface area contributed by atoms with Gasteiger partial charge < -0.3 is 19.5 Å². The van der Waals surface area contributed by atoms with Crippen LogP contribution in [0.5, 0.6) is 5.75 Å². The topological polar surface area (TPSA) is 135 Å². The zero-order valence-electron chi connectivity index (χ0n) is 20.2. The van der Waals surface area contributed by atoms with Gasteiger partial charge in [-0.25, -0.2) is 10.8 Å². The SMILES string of the molecule is N#Cc1ccc(C(=O)Nc2ccc3c(c2)[C@@]2(CCN=CO2)C2=CC(C4=CCOCC4)N(N)C(F)=C2O3)nc1. The molecule has 0 fully saturated rings. The summed E-state index contributed by atoms with van der Waals surface area (Å²) in [6.45, 7) is 1.42. The highest BCUT2D eigenvalue weighted by atomic mass is 19.1. The number of hydrazine groups is 1. The molecule has 11 heteroatoms. The second-order valence-electron chi connectivity index (χ2n) is 9.17. The minimum Gasteiger partial charge on any atom is -0.467 e. The molecular formula is C27H23FN6O4. The Kier molecular flexibility index (Phi) is 5.90. The van der Waals surface area contributed by atoms with E-state index in [0.29, 0.717) is 60.7 Å². The number of ether oxygens (including phenoxy) is 3. The minimum absolute atomic E-state index is 0.00206. The van der Waals surface area contributed by atoms with E-state index in [1.807, 2.05) is 18.2 Å². The highest BCUT2D eigenvalue weighted by Crippen LogP contribution is 2.53. The number of rotatable bonds is 3. The van der Waals surface area contributed by atoms with Gasteiger partial charge in [-0.05, 0) is 48.4 Å². The number of nitrogens with zero attached hydrogens (tertiary/aromatic N) is 4. The average Bonchev–Trinajstić information content (AvgIpc) is 2.96. The predicted octanol–water partition coefficient (Wildman–Crippen LogP) is 3.21. The number of anilines is 1. The Morgan fingerprint density at radius 2 is 2.21 bits per heavy atom. The second-order valence-corrected chi connectivity index (χ2v) is 9.17. The van der Waals surface area contributed by atoms with Gasteiger partial charge in [-0.2, -0.15) is 9.65 Å². The highest BCUT2D eigenvalue weighted by Gasteiger charge is 2.51. The number of carbonyl (C=O) groups is 1. The molecule has 1 amide bonds.